The molecule has 0 aliphatic rings. The highest BCUT2D eigenvalue weighted by molar-refractivity contribution is 6.84. The molecule has 13 heavy (non-hydrogen) atoms. The van der Waals surface area contributed by atoms with Crippen LogP contribution < -0.4 is 5.19 Å². The summed E-state index contributed by atoms with van der Waals surface area (Å²) in [4.78, 5) is 0. The number of rotatable bonds is 2. The maximum Gasteiger partial charge on any atom is 0.217 e. The monoisotopic (exact) mass is 194 g/mol. The molecule has 0 unspecified atom stereocenters. The second-order valence-electron chi connectivity index (χ2n) is 4.03. The highest BCUT2D eigenvalue weighted by atomic mass is 28.4. The molecule has 72 valence electrons. The molecule has 0 heterocycles. The van der Waals surface area contributed by atoms with Gasteiger partial charge < -0.3 is 4.43 Å². The zero-order chi connectivity index (χ0) is 10.1. The first-order valence-electron chi connectivity index (χ1n) is 4.60. The lowest BCUT2D eigenvalue weighted by Crippen LogP contribution is -2.45. The molecule has 1 aromatic carbocycles. The van der Waals surface area contributed by atoms with Crippen LogP contribution in [0.5, 0.6) is 0 Å². The molecule has 0 aromatic heterocycles. The zero-order valence-corrected chi connectivity index (χ0v) is 10.1. The van der Waals surface area contributed by atoms with Crippen LogP contribution in [-0.4, -0.2) is 15.4 Å². The van der Waals surface area contributed by atoms with Crippen LogP contribution in [0.2, 0.25) is 13.1 Å². The van der Waals surface area contributed by atoms with Crippen molar-refractivity contribution >= 4 is 13.5 Å². The second-order valence-corrected chi connectivity index (χ2v) is 8.00. The van der Waals surface area contributed by atoms with E-state index in [1.54, 1.807) is 0 Å². The first kappa shape index (κ1) is 10.5. The predicted molar refractivity (Wildman–Crippen MR) is 60.0 cm³/mol. The summed E-state index contributed by atoms with van der Waals surface area (Å²) >= 11 is 0. The molecule has 0 aliphatic carbocycles. The van der Waals surface area contributed by atoms with E-state index in [0.29, 0.717) is 0 Å². The van der Waals surface area contributed by atoms with Gasteiger partial charge in [-0.2, -0.15) is 0 Å². The van der Waals surface area contributed by atoms with Crippen LogP contribution in [0.25, 0.3) is 0 Å². The fraction of sp³-hybridized carbons (Fsp3) is 0.455. The number of hydrogen-bond acceptors (Lipinski definition) is 1. The van der Waals surface area contributed by atoms with Crippen molar-refractivity contribution in [1.82, 2.24) is 0 Å². The normalized spacial score (nSPS) is 11.8. The Morgan fingerprint density at radius 3 is 2.31 bits per heavy atom. The largest absolute Gasteiger partial charge is 0.416 e. The third-order valence-electron chi connectivity index (χ3n) is 2.55. The molecule has 0 aliphatic heterocycles. The lowest BCUT2D eigenvalue weighted by atomic mass is 10.2. The number of hydrogen-bond donors (Lipinski definition) is 0. The van der Waals surface area contributed by atoms with E-state index in [1.165, 1.54) is 16.3 Å². The fourth-order valence-corrected chi connectivity index (χ4v) is 3.32. The second kappa shape index (κ2) is 3.64. The van der Waals surface area contributed by atoms with Gasteiger partial charge in [0.15, 0.2) is 0 Å². The Kier molecular flexibility index (Phi) is 2.93. The van der Waals surface area contributed by atoms with E-state index < -0.39 is 8.32 Å². The third-order valence-corrected chi connectivity index (χ3v) is 5.41. The lowest BCUT2D eigenvalue weighted by molar-refractivity contribution is 0.416. The Hall–Kier alpha value is -0.603. The molecule has 1 nitrogen and oxygen atoms in total. The van der Waals surface area contributed by atoms with Gasteiger partial charge in [-0.1, -0.05) is 23.8 Å². The van der Waals surface area contributed by atoms with E-state index in [1.807, 2.05) is 7.11 Å². The molecule has 0 bridgehead atoms. The molecular formula is C11H18OSi. The molecule has 1 rings (SSSR count). The highest BCUT2D eigenvalue weighted by Crippen LogP contribution is 2.09. The molecule has 0 amide bonds. The first-order chi connectivity index (χ1) is 5.97. The smallest absolute Gasteiger partial charge is 0.217 e. The molecular weight excluding hydrogens is 176 g/mol. The van der Waals surface area contributed by atoms with Gasteiger partial charge in [0, 0.05) is 7.11 Å². The quantitative estimate of drug-likeness (QED) is 0.657. The van der Waals surface area contributed by atoms with Crippen LogP contribution in [-0.2, 0) is 4.43 Å². The molecule has 0 N–H and O–H groups in total. The summed E-state index contributed by atoms with van der Waals surface area (Å²) < 4.78 is 5.60. The van der Waals surface area contributed by atoms with Crippen molar-refractivity contribution < 1.29 is 4.43 Å². The van der Waals surface area contributed by atoms with Crippen molar-refractivity contribution in [2.24, 2.45) is 0 Å². The minimum absolute atomic E-state index is 1.32. The highest BCUT2D eigenvalue weighted by Gasteiger charge is 2.25. The van der Waals surface area contributed by atoms with Crippen LogP contribution >= 0.6 is 0 Å². The van der Waals surface area contributed by atoms with E-state index in [0.717, 1.165) is 0 Å². The summed E-state index contributed by atoms with van der Waals surface area (Å²) in [5, 5.41) is 1.41. The molecule has 0 fully saturated rings. The molecule has 0 atom stereocenters. The van der Waals surface area contributed by atoms with Crippen LogP contribution in [0, 0.1) is 13.8 Å². The summed E-state index contributed by atoms with van der Waals surface area (Å²) in [6, 6.07) is 6.59. The standard InChI is InChI=1S/C11H18OSi/c1-9-6-7-10(2)11(8-9)13(4,5)12-3/h6-8H,1-5H3. The van der Waals surface area contributed by atoms with E-state index in [-0.39, 0.29) is 0 Å². The molecule has 1 aromatic rings. The van der Waals surface area contributed by atoms with Crippen LogP contribution in [0.4, 0.5) is 0 Å². The Morgan fingerprint density at radius 2 is 1.77 bits per heavy atom. The minimum atomic E-state index is -1.63. The fourth-order valence-electron chi connectivity index (χ4n) is 1.49. The van der Waals surface area contributed by atoms with Crippen molar-refractivity contribution in [3.05, 3.63) is 29.3 Å². The summed E-state index contributed by atoms with van der Waals surface area (Å²) in [6.07, 6.45) is 0. The maximum absolute atomic E-state index is 5.60. The van der Waals surface area contributed by atoms with E-state index in [4.69, 9.17) is 4.43 Å². The maximum atomic E-state index is 5.60. The van der Waals surface area contributed by atoms with Crippen molar-refractivity contribution in [2.45, 2.75) is 26.9 Å². The van der Waals surface area contributed by atoms with Gasteiger partial charge in [-0.25, -0.2) is 0 Å². The molecule has 0 radical (unpaired) electrons. The van der Waals surface area contributed by atoms with Gasteiger partial charge in [0.2, 0.25) is 8.32 Å². The molecule has 0 saturated carbocycles. The average Bonchev–Trinajstić information content (AvgIpc) is 2.09. The Balaban J connectivity index is 3.20. The summed E-state index contributed by atoms with van der Waals surface area (Å²) in [6.45, 7) is 8.75. The first-order valence-corrected chi connectivity index (χ1v) is 7.51. The SMILES string of the molecule is CO[Si](C)(C)c1cc(C)ccc1C. The summed E-state index contributed by atoms with van der Waals surface area (Å²) in [7, 11) is 0.184. The van der Waals surface area contributed by atoms with E-state index >= 15 is 0 Å². The number of aryl methyl sites for hydroxylation is 2. The van der Waals surface area contributed by atoms with Crippen LogP contribution in [0.1, 0.15) is 11.1 Å². The summed E-state index contributed by atoms with van der Waals surface area (Å²) in [5.41, 5.74) is 2.67. The summed E-state index contributed by atoms with van der Waals surface area (Å²) in [5.74, 6) is 0. The zero-order valence-electron chi connectivity index (χ0n) is 9.14. The van der Waals surface area contributed by atoms with Gasteiger partial charge in [-0.15, -0.1) is 0 Å². The van der Waals surface area contributed by atoms with Gasteiger partial charge in [0.05, 0.1) is 0 Å². The topological polar surface area (TPSA) is 9.23 Å². The molecule has 0 saturated heterocycles. The van der Waals surface area contributed by atoms with E-state index in [2.05, 4.69) is 45.1 Å². The van der Waals surface area contributed by atoms with Crippen molar-refractivity contribution in [3.8, 4) is 0 Å². The average molecular weight is 194 g/mol. The molecule has 0 spiro atoms. The lowest BCUT2D eigenvalue weighted by Gasteiger charge is -2.23. The van der Waals surface area contributed by atoms with Crippen molar-refractivity contribution in [3.63, 3.8) is 0 Å². The Bertz CT molecular complexity index is 305. The predicted octanol–water partition coefficient (Wildman–Crippen LogP) is 2.36. The Labute approximate surface area is 81.9 Å². The van der Waals surface area contributed by atoms with Crippen LogP contribution in [0.3, 0.4) is 0 Å². The Morgan fingerprint density at radius 1 is 1.15 bits per heavy atom. The van der Waals surface area contributed by atoms with Crippen molar-refractivity contribution in [1.29, 1.82) is 0 Å². The van der Waals surface area contributed by atoms with E-state index in [9.17, 15) is 0 Å². The van der Waals surface area contributed by atoms with Crippen LogP contribution in [0.15, 0.2) is 18.2 Å². The van der Waals surface area contributed by atoms with Gasteiger partial charge in [-0.3, -0.25) is 0 Å². The minimum Gasteiger partial charge on any atom is -0.416 e. The van der Waals surface area contributed by atoms with Gasteiger partial charge in [0.1, 0.15) is 0 Å². The third kappa shape index (κ3) is 2.20. The van der Waals surface area contributed by atoms with Gasteiger partial charge in [0.25, 0.3) is 0 Å². The van der Waals surface area contributed by atoms with Crippen molar-refractivity contribution in [2.75, 3.05) is 7.11 Å². The molecule has 2 heteroatoms. The van der Waals surface area contributed by atoms with Gasteiger partial charge in [-0.05, 0) is 37.7 Å². The van der Waals surface area contributed by atoms with Gasteiger partial charge >= 0.3 is 0 Å². The number of benzene rings is 1.